The first-order chi connectivity index (χ1) is 12.7. The monoisotopic (exact) mass is 368 g/mol. The lowest BCUT2D eigenvalue weighted by Gasteiger charge is -2.28. The Morgan fingerprint density at radius 2 is 1.88 bits per heavy atom. The first kappa shape index (κ1) is 17.0. The van der Waals surface area contributed by atoms with Crippen molar-refractivity contribution in [2.75, 3.05) is 0 Å². The number of halogens is 1. The number of rotatable bonds is 4. The molecule has 0 N–H and O–H groups in total. The maximum atomic E-state index is 6.17. The molecule has 0 unspecified atom stereocenters. The second kappa shape index (κ2) is 7.46. The van der Waals surface area contributed by atoms with E-state index in [-0.39, 0.29) is 6.10 Å². The summed E-state index contributed by atoms with van der Waals surface area (Å²) in [6.07, 6.45) is 6.00. The molecule has 5 nitrogen and oxygen atoms in total. The van der Waals surface area contributed by atoms with E-state index in [0.717, 1.165) is 43.0 Å². The smallest absolute Gasteiger partial charge is 0.213 e. The molecule has 0 saturated heterocycles. The van der Waals surface area contributed by atoms with Gasteiger partial charge in [0.05, 0.1) is 5.69 Å². The van der Waals surface area contributed by atoms with E-state index < -0.39 is 0 Å². The van der Waals surface area contributed by atoms with E-state index in [1.165, 1.54) is 0 Å². The number of hydrogen-bond donors (Lipinski definition) is 0. The fourth-order valence-corrected chi connectivity index (χ4v) is 3.79. The zero-order chi connectivity index (χ0) is 17.9. The zero-order valence-electron chi connectivity index (χ0n) is 14.7. The largest absolute Gasteiger partial charge is 0.474 e. The van der Waals surface area contributed by atoms with Crippen LogP contribution in [0.3, 0.4) is 0 Å². The summed E-state index contributed by atoms with van der Waals surface area (Å²) in [4.78, 5) is 4.25. The van der Waals surface area contributed by atoms with Gasteiger partial charge in [-0.15, -0.1) is 10.2 Å². The highest BCUT2D eigenvalue weighted by Crippen LogP contribution is 2.35. The molecule has 0 aliphatic heterocycles. The van der Waals surface area contributed by atoms with Crippen LogP contribution in [0.2, 0.25) is 5.02 Å². The Morgan fingerprint density at radius 1 is 1.04 bits per heavy atom. The molecule has 134 valence electrons. The number of aryl methyl sites for hydroxylation is 1. The summed E-state index contributed by atoms with van der Waals surface area (Å²) < 4.78 is 8.13. The summed E-state index contributed by atoms with van der Waals surface area (Å²) in [5.74, 6) is 2.97. The molecule has 6 heteroatoms. The van der Waals surface area contributed by atoms with E-state index in [2.05, 4.69) is 19.7 Å². The number of aromatic nitrogens is 4. The predicted octanol–water partition coefficient (Wildman–Crippen LogP) is 4.73. The first-order valence-electron chi connectivity index (χ1n) is 8.96. The fraction of sp³-hybridized carbons (Fsp3) is 0.350. The van der Waals surface area contributed by atoms with Crippen LogP contribution in [0, 0.1) is 6.92 Å². The highest BCUT2D eigenvalue weighted by molar-refractivity contribution is 6.30. The van der Waals surface area contributed by atoms with Gasteiger partial charge in [0.25, 0.3) is 0 Å². The van der Waals surface area contributed by atoms with Crippen molar-refractivity contribution in [2.45, 2.75) is 44.6 Å². The van der Waals surface area contributed by atoms with Gasteiger partial charge in [-0.1, -0.05) is 23.7 Å². The maximum absolute atomic E-state index is 6.17. The van der Waals surface area contributed by atoms with Crippen molar-refractivity contribution in [1.29, 1.82) is 0 Å². The van der Waals surface area contributed by atoms with Crippen LogP contribution in [-0.4, -0.2) is 25.9 Å². The van der Waals surface area contributed by atoms with Gasteiger partial charge in [0.2, 0.25) is 5.88 Å². The van der Waals surface area contributed by atoms with Gasteiger partial charge in [0.1, 0.15) is 17.8 Å². The van der Waals surface area contributed by atoms with E-state index in [1.54, 1.807) is 6.20 Å². The third-order valence-corrected chi connectivity index (χ3v) is 5.12. The molecule has 3 aromatic rings. The van der Waals surface area contributed by atoms with E-state index in [0.29, 0.717) is 16.8 Å². The van der Waals surface area contributed by atoms with Gasteiger partial charge in [-0.2, -0.15) is 0 Å². The van der Waals surface area contributed by atoms with Crippen LogP contribution in [0.4, 0.5) is 0 Å². The Labute approximate surface area is 158 Å². The molecule has 1 aliphatic carbocycles. The number of pyridine rings is 1. The van der Waals surface area contributed by atoms with E-state index >= 15 is 0 Å². The highest BCUT2D eigenvalue weighted by atomic mass is 35.5. The zero-order valence-corrected chi connectivity index (χ0v) is 15.4. The van der Waals surface area contributed by atoms with E-state index in [4.69, 9.17) is 16.3 Å². The van der Waals surface area contributed by atoms with Crippen LogP contribution < -0.4 is 4.74 Å². The molecule has 0 radical (unpaired) electrons. The van der Waals surface area contributed by atoms with Crippen LogP contribution in [0.15, 0.2) is 48.7 Å². The second-order valence-corrected chi connectivity index (χ2v) is 7.12. The Kier molecular flexibility index (Phi) is 4.89. The molecule has 1 aromatic carbocycles. The van der Waals surface area contributed by atoms with Crippen LogP contribution >= 0.6 is 11.6 Å². The van der Waals surface area contributed by atoms with Gasteiger partial charge in [0, 0.05) is 23.2 Å². The van der Waals surface area contributed by atoms with Crippen molar-refractivity contribution >= 4 is 11.6 Å². The van der Waals surface area contributed by atoms with Crippen molar-refractivity contribution in [3.05, 3.63) is 65.3 Å². The minimum atomic E-state index is 0.213. The average molecular weight is 369 g/mol. The van der Waals surface area contributed by atoms with Crippen LogP contribution in [0.5, 0.6) is 5.88 Å². The summed E-state index contributed by atoms with van der Waals surface area (Å²) >= 11 is 6.17. The first-order valence-corrected chi connectivity index (χ1v) is 9.34. The summed E-state index contributed by atoms with van der Waals surface area (Å²) in [5.41, 5.74) is 1.02. The fourth-order valence-electron chi connectivity index (χ4n) is 3.60. The van der Waals surface area contributed by atoms with Gasteiger partial charge in [-0.05, 0) is 56.9 Å². The molecule has 0 bridgehead atoms. The maximum Gasteiger partial charge on any atom is 0.213 e. The summed E-state index contributed by atoms with van der Waals surface area (Å²) in [6.45, 7) is 1.98. The Morgan fingerprint density at radius 3 is 2.62 bits per heavy atom. The number of hydrogen-bond acceptors (Lipinski definition) is 4. The summed E-state index contributed by atoms with van der Waals surface area (Å²) in [6, 6.07) is 13.6. The van der Waals surface area contributed by atoms with Crippen molar-refractivity contribution in [3.8, 4) is 11.6 Å². The second-order valence-electron chi connectivity index (χ2n) is 6.68. The summed E-state index contributed by atoms with van der Waals surface area (Å²) in [5, 5.41) is 9.50. The minimum absolute atomic E-state index is 0.213. The standard InChI is InChI=1S/C20H21ClN4O/c1-14-23-24-20(25(14)17-6-4-5-16(21)13-17)15-8-10-18(11-9-15)26-19-7-2-3-12-22-19/h2-7,12-13,15,18H,8-11H2,1H3. The normalized spacial score (nSPS) is 20.1. The highest BCUT2D eigenvalue weighted by Gasteiger charge is 2.28. The molecule has 0 amide bonds. The topological polar surface area (TPSA) is 52.8 Å². The SMILES string of the molecule is Cc1nnc(C2CCC(Oc3ccccn3)CC2)n1-c1cccc(Cl)c1. The number of ether oxygens (including phenoxy) is 1. The van der Waals surface area contributed by atoms with Crippen LogP contribution in [-0.2, 0) is 0 Å². The van der Waals surface area contributed by atoms with Gasteiger partial charge < -0.3 is 4.74 Å². The van der Waals surface area contributed by atoms with E-state index in [1.807, 2.05) is 49.4 Å². The molecule has 26 heavy (non-hydrogen) atoms. The molecule has 2 aromatic heterocycles. The van der Waals surface area contributed by atoms with Crippen LogP contribution in [0.1, 0.15) is 43.3 Å². The van der Waals surface area contributed by atoms with Gasteiger partial charge in [-0.25, -0.2) is 4.98 Å². The molecule has 0 atom stereocenters. The quantitative estimate of drug-likeness (QED) is 0.668. The third-order valence-electron chi connectivity index (χ3n) is 4.88. The van der Waals surface area contributed by atoms with Crippen molar-refractivity contribution in [3.63, 3.8) is 0 Å². The molecule has 0 spiro atoms. The minimum Gasteiger partial charge on any atom is -0.474 e. The number of benzene rings is 1. The molecule has 1 saturated carbocycles. The Balaban J connectivity index is 1.48. The lowest BCUT2D eigenvalue weighted by Crippen LogP contribution is -2.25. The average Bonchev–Trinajstić information content (AvgIpc) is 3.05. The Bertz CT molecular complexity index is 873. The predicted molar refractivity (Wildman–Crippen MR) is 101 cm³/mol. The van der Waals surface area contributed by atoms with Crippen molar-refractivity contribution in [1.82, 2.24) is 19.7 Å². The van der Waals surface area contributed by atoms with Gasteiger partial charge >= 0.3 is 0 Å². The summed E-state index contributed by atoms with van der Waals surface area (Å²) in [7, 11) is 0. The molecule has 1 aliphatic rings. The molecular weight excluding hydrogens is 348 g/mol. The molecule has 4 rings (SSSR count). The molecular formula is C20H21ClN4O. The van der Waals surface area contributed by atoms with Crippen molar-refractivity contribution in [2.24, 2.45) is 0 Å². The lowest BCUT2D eigenvalue weighted by molar-refractivity contribution is 0.139. The lowest BCUT2D eigenvalue weighted by atomic mass is 9.86. The third kappa shape index (κ3) is 3.58. The van der Waals surface area contributed by atoms with Crippen LogP contribution in [0.25, 0.3) is 5.69 Å². The van der Waals surface area contributed by atoms with Crippen molar-refractivity contribution < 1.29 is 4.74 Å². The Hall–Kier alpha value is -2.40. The van der Waals surface area contributed by atoms with E-state index in [9.17, 15) is 0 Å². The van der Waals surface area contributed by atoms with Gasteiger partial charge in [-0.3, -0.25) is 4.57 Å². The molecule has 2 heterocycles. The number of nitrogens with zero attached hydrogens (tertiary/aromatic N) is 4. The molecule has 1 fully saturated rings. The van der Waals surface area contributed by atoms with Gasteiger partial charge in [0.15, 0.2) is 0 Å².